The SMILES string of the molecule is CCCCCCC[CH]C1CSC=N1. The Balaban J connectivity index is 1.81. The van der Waals surface area contributed by atoms with Crippen LogP contribution in [0.1, 0.15) is 45.4 Å². The zero-order chi connectivity index (χ0) is 9.36. The minimum atomic E-state index is 0.524. The zero-order valence-electron chi connectivity index (χ0n) is 8.54. The molecule has 0 aromatic carbocycles. The molecule has 2 heteroatoms. The van der Waals surface area contributed by atoms with E-state index in [1.54, 1.807) is 0 Å². The highest BCUT2D eigenvalue weighted by atomic mass is 32.2. The molecule has 1 heterocycles. The first-order valence-electron chi connectivity index (χ1n) is 5.40. The maximum atomic E-state index is 4.35. The molecule has 1 rings (SSSR count). The maximum absolute atomic E-state index is 4.35. The summed E-state index contributed by atoms with van der Waals surface area (Å²) in [5, 5.41) is 0. The topological polar surface area (TPSA) is 12.4 Å². The molecule has 0 aromatic rings. The lowest BCUT2D eigenvalue weighted by Crippen LogP contribution is -2.03. The van der Waals surface area contributed by atoms with Gasteiger partial charge in [-0.2, -0.15) is 0 Å². The van der Waals surface area contributed by atoms with Crippen LogP contribution in [-0.2, 0) is 0 Å². The van der Waals surface area contributed by atoms with Crippen molar-refractivity contribution in [1.82, 2.24) is 0 Å². The second kappa shape index (κ2) is 7.43. The van der Waals surface area contributed by atoms with Crippen molar-refractivity contribution in [2.45, 2.75) is 51.5 Å². The van der Waals surface area contributed by atoms with Gasteiger partial charge >= 0.3 is 0 Å². The van der Waals surface area contributed by atoms with Crippen LogP contribution in [0.4, 0.5) is 0 Å². The van der Waals surface area contributed by atoms with E-state index in [1.165, 1.54) is 44.3 Å². The number of hydrogen-bond donors (Lipinski definition) is 0. The second-order valence-electron chi connectivity index (χ2n) is 3.59. The number of unbranched alkanes of at least 4 members (excludes halogenated alkanes) is 5. The van der Waals surface area contributed by atoms with Crippen LogP contribution in [0.25, 0.3) is 0 Å². The van der Waals surface area contributed by atoms with Gasteiger partial charge in [0.05, 0.1) is 11.6 Å². The van der Waals surface area contributed by atoms with E-state index in [1.807, 2.05) is 17.3 Å². The van der Waals surface area contributed by atoms with Crippen LogP contribution in [0.15, 0.2) is 4.99 Å². The van der Waals surface area contributed by atoms with Gasteiger partial charge in [-0.25, -0.2) is 0 Å². The molecule has 0 saturated heterocycles. The summed E-state index contributed by atoms with van der Waals surface area (Å²) in [6.45, 7) is 2.26. The van der Waals surface area contributed by atoms with Crippen LogP contribution >= 0.6 is 11.8 Å². The van der Waals surface area contributed by atoms with Gasteiger partial charge in [0.25, 0.3) is 0 Å². The van der Waals surface area contributed by atoms with E-state index >= 15 is 0 Å². The standard InChI is InChI=1S/C11H20NS/c1-2-3-4-5-6-7-8-11-9-13-10-12-11/h8,10-11H,2-7,9H2,1H3. The van der Waals surface area contributed by atoms with Gasteiger partial charge in [0.2, 0.25) is 0 Å². The van der Waals surface area contributed by atoms with E-state index in [0.29, 0.717) is 6.04 Å². The summed E-state index contributed by atoms with van der Waals surface area (Å²) >= 11 is 1.83. The maximum Gasteiger partial charge on any atom is 0.0631 e. The largest absolute Gasteiger partial charge is 0.282 e. The number of rotatable bonds is 7. The fourth-order valence-corrected chi connectivity index (χ4v) is 2.24. The van der Waals surface area contributed by atoms with Crippen LogP contribution in [-0.4, -0.2) is 17.3 Å². The molecule has 1 unspecified atom stereocenters. The lowest BCUT2D eigenvalue weighted by atomic mass is 10.1. The molecule has 0 aliphatic carbocycles. The summed E-state index contributed by atoms with van der Waals surface area (Å²) in [5.74, 6) is 1.18. The molecule has 0 fully saturated rings. The number of thioether (sulfide) groups is 1. The van der Waals surface area contributed by atoms with Crippen LogP contribution in [0.5, 0.6) is 0 Å². The molecule has 0 N–H and O–H groups in total. The van der Waals surface area contributed by atoms with Crippen molar-refractivity contribution in [3.8, 4) is 0 Å². The van der Waals surface area contributed by atoms with Crippen molar-refractivity contribution >= 4 is 17.3 Å². The first kappa shape index (κ1) is 11.1. The average Bonchev–Trinajstić information content (AvgIpc) is 2.63. The van der Waals surface area contributed by atoms with E-state index in [4.69, 9.17) is 0 Å². The molecule has 13 heavy (non-hydrogen) atoms. The Morgan fingerprint density at radius 1 is 1.38 bits per heavy atom. The van der Waals surface area contributed by atoms with Crippen molar-refractivity contribution in [3.05, 3.63) is 6.42 Å². The molecule has 1 aliphatic heterocycles. The molecule has 1 nitrogen and oxygen atoms in total. The minimum absolute atomic E-state index is 0.524. The van der Waals surface area contributed by atoms with Gasteiger partial charge in [0, 0.05) is 5.75 Å². The van der Waals surface area contributed by atoms with E-state index < -0.39 is 0 Å². The Morgan fingerprint density at radius 3 is 2.92 bits per heavy atom. The Hall–Kier alpha value is 0.0200. The summed E-state index contributed by atoms with van der Waals surface area (Å²) in [4.78, 5) is 4.35. The summed E-state index contributed by atoms with van der Waals surface area (Å²) in [6.07, 6.45) is 10.5. The Morgan fingerprint density at radius 2 is 2.23 bits per heavy atom. The van der Waals surface area contributed by atoms with Gasteiger partial charge in [-0.15, -0.1) is 11.8 Å². The first-order chi connectivity index (χ1) is 6.43. The highest BCUT2D eigenvalue weighted by Crippen LogP contribution is 2.16. The predicted octanol–water partition coefficient (Wildman–Crippen LogP) is 3.69. The van der Waals surface area contributed by atoms with Gasteiger partial charge in [-0.3, -0.25) is 4.99 Å². The quantitative estimate of drug-likeness (QED) is 0.568. The highest BCUT2D eigenvalue weighted by molar-refractivity contribution is 8.12. The molecule has 0 saturated carbocycles. The Kier molecular flexibility index (Phi) is 6.34. The van der Waals surface area contributed by atoms with E-state index in [0.717, 1.165) is 0 Å². The fourth-order valence-electron chi connectivity index (χ4n) is 1.49. The number of hydrogen-bond acceptors (Lipinski definition) is 2. The lowest BCUT2D eigenvalue weighted by Gasteiger charge is -2.04. The van der Waals surface area contributed by atoms with Crippen molar-refractivity contribution in [1.29, 1.82) is 0 Å². The Bertz CT molecular complexity index is 145. The highest BCUT2D eigenvalue weighted by Gasteiger charge is 2.09. The molecule has 75 valence electrons. The van der Waals surface area contributed by atoms with Crippen LogP contribution < -0.4 is 0 Å². The molecule has 0 bridgehead atoms. The molecule has 1 atom stereocenters. The molecular formula is C11H20NS. The van der Waals surface area contributed by atoms with Gasteiger partial charge in [-0.1, -0.05) is 39.0 Å². The van der Waals surface area contributed by atoms with Crippen LogP contribution in [0.2, 0.25) is 0 Å². The molecule has 1 aliphatic rings. The van der Waals surface area contributed by atoms with Gasteiger partial charge in [0.15, 0.2) is 0 Å². The van der Waals surface area contributed by atoms with Crippen LogP contribution in [0.3, 0.4) is 0 Å². The molecule has 0 spiro atoms. The number of aliphatic imine (C=N–C) groups is 1. The molecule has 0 amide bonds. The summed E-state index contributed by atoms with van der Waals surface area (Å²) in [7, 11) is 0. The zero-order valence-corrected chi connectivity index (χ0v) is 9.35. The second-order valence-corrected chi connectivity index (χ2v) is 4.47. The normalized spacial score (nSPS) is 21.2. The molecule has 1 radical (unpaired) electrons. The third-order valence-corrected chi connectivity index (χ3v) is 3.15. The van der Waals surface area contributed by atoms with E-state index in [-0.39, 0.29) is 0 Å². The van der Waals surface area contributed by atoms with E-state index in [2.05, 4.69) is 18.3 Å². The minimum Gasteiger partial charge on any atom is -0.282 e. The predicted molar refractivity (Wildman–Crippen MR) is 62.4 cm³/mol. The van der Waals surface area contributed by atoms with Crippen molar-refractivity contribution in [3.63, 3.8) is 0 Å². The third kappa shape index (κ3) is 5.35. The fraction of sp³-hybridized carbons (Fsp3) is 0.818. The smallest absolute Gasteiger partial charge is 0.0631 e. The van der Waals surface area contributed by atoms with Crippen molar-refractivity contribution in [2.75, 3.05) is 5.75 Å². The van der Waals surface area contributed by atoms with E-state index in [9.17, 15) is 0 Å². The van der Waals surface area contributed by atoms with Crippen molar-refractivity contribution < 1.29 is 0 Å². The molecule has 0 aromatic heterocycles. The lowest BCUT2D eigenvalue weighted by molar-refractivity contribution is 0.617. The average molecular weight is 198 g/mol. The summed E-state index contributed by atoms with van der Waals surface area (Å²) in [6, 6.07) is 0.524. The van der Waals surface area contributed by atoms with Gasteiger partial charge in [-0.05, 0) is 12.8 Å². The summed E-state index contributed by atoms with van der Waals surface area (Å²) < 4.78 is 0. The van der Waals surface area contributed by atoms with Crippen molar-refractivity contribution in [2.24, 2.45) is 4.99 Å². The Labute approximate surface area is 86.4 Å². The van der Waals surface area contributed by atoms with Crippen LogP contribution in [0, 0.1) is 6.42 Å². The monoisotopic (exact) mass is 198 g/mol. The van der Waals surface area contributed by atoms with Gasteiger partial charge < -0.3 is 0 Å². The van der Waals surface area contributed by atoms with Gasteiger partial charge in [0.1, 0.15) is 0 Å². The number of nitrogens with zero attached hydrogens (tertiary/aromatic N) is 1. The first-order valence-corrected chi connectivity index (χ1v) is 6.45. The third-order valence-electron chi connectivity index (χ3n) is 2.34. The molecular weight excluding hydrogens is 178 g/mol. The summed E-state index contributed by atoms with van der Waals surface area (Å²) in [5.41, 5.74) is 1.98.